The number of benzene rings is 1. The summed E-state index contributed by atoms with van der Waals surface area (Å²) in [4.78, 5) is 11.3. The Balaban J connectivity index is 2.33. The van der Waals surface area contributed by atoms with Crippen LogP contribution in [0.15, 0.2) is 24.3 Å². The molecule has 0 aromatic heterocycles. The lowest BCUT2D eigenvalue weighted by Gasteiger charge is -2.10. The number of carbonyl (C=O) groups excluding carboxylic acids is 1. The van der Waals surface area contributed by atoms with E-state index in [0.717, 1.165) is 11.3 Å². The third-order valence-corrected chi connectivity index (χ3v) is 2.69. The summed E-state index contributed by atoms with van der Waals surface area (Å²) in [6.45, 7) is 4.80. The summed E-state index contributed by atoms with van der Waals surface area (Å²) in [7, 11) is 1.64. The molecule has 1 rings (SSSR count). The molecule has 1 atom stereocenters. The van der Waals surface area contributed by atoms with Crippen LogP contribution in [0.5, 0.6) is 5.75 Å². The molecule has 0 heterocycles. The molecule has 1 aromatic rings. The van der Waals surface area contributed by atoms with Crippen LogP contribution in [0.1, 0.15) is 25.8 Å². The minimum atomic E-state index is -0.0155. The molecule has 0 bridgehead atoms. The summed E-state index contributed by atoms with van der Waals surface area (Å²) in [6.07, 6.45) is 0.576. The van der Waals surface area contributed by atoms with Gasteiger partial charge in [-0.25, -0.2) is 0 Å². The van der Waals surface area contributed by atoms with Crippen molar-refractivity contribution in [3.05, 3.63) is 29.8 Å². The number of methoxy groups -OCH3 is 1. The first-order valence-corrected chi connectivity index (χ1v) is 5.90. The van der Waals surface area contributed by atoms with E-state index in [1.807, 2.05) is 38.1 Å². The molecule has 94 valence electrons. The van der Waals surface area contributed by atoms with Gasteiger partial charge in [-0.05, 0) is 17.7 Å². The summed E-state index contributed by atoms with van der Waals surface area (Å²) in [5.41, 5.74) is 1.09. The fourth-order valence-corrected chi connectivity index (χ4v) is 1.52. The smallest absolute Gasteiger partial charge is 0.137 e. The summed E-state index contributed by atoms with van der Waals surface area (Å²) in [6, 6.07) is 7.73. The molecule has 0 amide bonds. The van der Waals surface area contributed by atoms with Crippen LogP contribution in [0.3, 0.4) is 0 Å². The number of carbonyl (C=O) groups is 1. The highest BCUT2D eigenvalue weighted by atomic mass is 16.5. The maximum atomic E-state index is 11.3. The number of ether oxygens (including phenoxy) is 2. The van der Waals surface area contributed by atoms with Crippen LogP contribution in [-0.2, 0) is 16.1 Å². The molecule has 0 spiro atoms. The first kappa shape index (κ1) is 13.7. The standard InChI is InChI=1S/C14H20O3/c1-4-14(15)11(2)9-17-10-12-5-7-13(16-3)8-6-12/h5-8,11H,4,9-10H2,1-3H3/t11-/m1/s1. The van der Waals surface area contributed by atoms with E-state index in [1.165, 1.54) is 0 Å². The topological polar surface area (TPSA) is 35.5 Å². The molecule has 17 heavy (non-hydrogen) atoms. The second-order valence-electron chi connectivity index (χ2n) is 4.08. The van der Waals surface area contributed by atoms with Gasteiger partial charge in [-0.2, -0.15) is 0 Å². The van der Waals surface area contributed by atoms with Crippen molar-refractivity contribution in [2.24, 2.45) is 5.92 Å². The normalized spacial score (nSPS) is 12.2. The van der Waals surface area contributed by atoms with E-state index in [0.29, 0.717) is 19.6 Å². The summed E-state index contributed by atoms with van der Waals surface area (Å²) >= 11 is 0. The lowest BCUT2D eigenvalue weighted by atomic mass is 10.1. The van der Waals surface area contributed by atoms with Crippen molar-refractivity contribution in [3.8, 4) is 5.75 Å². The Morgan fingerprint density at radius 2 is 1.94 bits per heavy atom. The van der Waals surface area contributed by atoms with Crippen LogP contribution in [0, 0.1) is 5.92 Å². The lowest BCUT2D eigenvalue weighted by Crippen LogP contribution is -2.15. The van der Waals surface area contributed by atoms with Crippen molar-refractivity contribution >= 4 is 5.78 Å². The van der Waals surface area contributed by atoms with Gasteiger partial charge in [0.05, 0.1) is 20.3 Å². The fraction of sp³-hybridized carbons (Fsp3) is 0.500. The molecule has 0 N–H and O–H groups in total. The molecule has 0 aliphatic heterocycles. The van der Waals surface area contributed by atoms with Gasteiger partial charge in [0.15, 0.2) is 0 Å². The van der Waals surface area contributed by atoms with Crippen molar-refractivity contribution in [3.63, 3.8) is 0 Å². The minimum Gasteiger partial charge on any atom is -0.497 e. The quantitative estimate of drug-likeness (QED) is 0.730. The third-order valence-electron chi connectivity index (χ3n) is 2.69. The highest BCUT2D eigenvalue weighted by molar-refractivity contribution is 5.80. The minimum absolute atomic E-state index is 0.0155. The van der Waals surface area contributed by atoms with E-state index < -0.39 is 0 Å². The first-order chi connectivity index (χ1) is 8.17. The number of hydrogen-bond donors (Lipinski definition) is 0. The largest absolute Gasteiger partial charge is 0.497 e. The van der Waals surface area contributed by atoms with Gasteiger partial charge in [0.2, 0.25) is 0 Å². The highest BCUT2D eigenvalue weighted by Crippen LogP contribution is 2.12. The van der Waals surface area contributed by atoms with Gasteiger partial charge >= 0.3 is 0 Å². The van der Waals surface area contributed by atoms with Crippen molar-refractivity contribution in [1.82, 2.24) is 0 Å². The molecule has 3 heteroatoms. The Hall–Kier alpha value is -1.35. The molecule has 0 saturated heterocycles. The van der Waals surface area contributed by atoms with Crippen molar-refractivity contribution in [1.29, 1.82) is 0 Å². The molecule has 0 unspecified atom stereocenters. The molecule has 0 fully saturated rings. The Morgan fingerprint density at radius 3 is 2.47 bits per heavy atom. The molecule has 3 nitrogen and oxygen atoms in total. The second kappa shape index (κ2) is 7.07. The zero-order chi connectivity index (χ0) is 12.7. The molecular formula is C14H20O3. The number of rotatable bonds is 7. The average Bonchev–Trinajstić information content (AvgIpc) is 2.38. The first-order valence-electron chi connectivity index (χ1n) is 5.90. The maximum Gasteiger partial charge on any atom is 0.137 e. The number of Topliss-reactive ketones (excluding diaryl/α,β-unsaturated/α-hetero) is 1. The van der Waals surface area contributed by atoms with Crippen LogP contribution < -0.4 is 4.74 Å². The molecule has 0 radical (unpaired) electrons. The molecule has 0 saturated carbocycles. The van der Waals surface area contributed by atoms with Gasteiger partial charge < -0.3 is 9.47 Å². The van der Waals surface area contributed by atoms with Crippen LogP contribution in [0.2, 0.25) is 0 Å². The number of hydrogen-bond acceptors (Lipinski definition) is 3. The predicted molar refractivity (Wildman–Crippen MR) is 67.1 cm³/mol. The van der Waals surface area contributed by atoms with E-state index in [4.69, 9.17) is 9.47 Å². The van der Waals surface area contributed by atoms with Gasteiger partial charge in [0.25, 0.3) is 0 Å². The van der Waals surface area contributed by atoms with Gasteiger partial charge in [0, 0.05) is 12.3 Å². The SMILES string of the molecule is CCC(=O)[C@H](C)COCc1ccc(OC)cc1. The van der Waals surface area contributed by atoms with Crippen LogP contribution >= 0.6 is 0 Å². The zero-order valence-corrected chi connectivity index (χ0v) is 10.7. The summed E-state index contributed by atoms with van der Waals surface area (Å²) in [5, 5.41) is 0. The fourth-order valence-electron chi connectivity index (χ4n) is 1.52. The maximum absolute atomic E-state index is 11.3. The van der Waals surface area contributed by atoms with Crippen LogP contribution in [0.25, 0.3) is 0 Å². The third kappa shape index (κ3) is 4.57. The van der Waals surface area contributed by atoms with Gasteiger partial charge in [-0.15, -0.1) is 0 Å². The molecule has 0 aliphatic carbocycles. The summed E-state index contributed by atoms with van der Waals surface area (Å²) < 4.78 is 10.6. The average molecular weight is 236 g/mol. The van der Waals surface area contributed by atoms with Crippen LogP contribution in [0.4, 0.5) is 0 Å². The summed E-state index contributed by atoms with van der Waals surface area (Å²) in [5.74, 6) is 1.07. The van der Waals surface area contributed by atoms with E-state index >= 15 is 0 Å². The highest BCUT2D eigenvalue weighted by Gasteiger charge is 2.10. The Morgan fingerprint density at radius 1 is 1.29 bits per heavy atom. The molecule has 1 aromatic carbocycles. The zero-order valence-electron chi connectivity index (χ0n) is 10.7. The second-order valence-corrected chi connectivity index (χ2v) is 4.08. The van der Waals surface area contributed by atoms with Crippen molar-refractivity contribution < 1.29 is 14.3 Å². The van der Waals surface area contributed by atoms with E-state index in [1.54, 1.807) is 7.11 Å². The Kier molecular flexibility index (Phi) is 5.70. The monoisotopic (exact) mass is 236 g/mol. The van der Waals surface area contributed by atoms with E-state index in [9.17, 15) is 4.79 Å². The lowest BCUT2D eigenvalue weighted by molar-refractivity contribution is -0.124. The van der Waals surface area contributed by atoms with Gasteiger partial charge in [0.1, 0.15) is 11.5 Å². The van der Waals surface area contributed by atoms with Gasteiger partial charge in [-0.1, -0.05) is 26.0 Å². The van der Waals surface area contributed by atoms with Crippen molar-refractivity contribution in [2.45, 2.75) is 26.9 Å². The molecular weight excluding hydrogens is 216 g/mol. The number of ketones is 1. The van der Waals surface area contributed by atoms with Crippen LogP contribution in [-0.4, -0.2) is 19.5 Å². The van der Waals surface area contributed by atoms with Gasteiger partial charge in [-0.3, -0.25) is 4.79 Å². The predicted octanol–water partition coefficient (Wildman–Crippen LogP) is 2.83. The van der Waals surface area contributed by atoms with Crippen molar-refractivity contribution in [2.75, 3.05) is 13.7 Å². The van der Waals surface area contributed by atoms with E-state index in [-0.39, 0.29) is 11.7 Å². The van der Waals surface area contributed by atoms with E-state index in [2.05, 4.69) is 0 Å². The Bertz CT molecular complexity index is 343. The Labute approximate surface area is 103 Å². The molecule has 0 aliphatic rings.